The first-order chi connectivity index (χ1) is 17.6. The number of anilines is 4. The lowest BCUT2D eigenvalue weighted by Crippen LogP contribution is -2.43. The van der Waals surface area contributed by atoms with E-state index in [-0.39, 0.29) is 5.95 Å². The maximum absolute atomic E-state index is 5.75. The van der Waals surface area contributed by atoms with Gasteiger partial charge in [0.1, 0.15) is 5.82 Å². The lowest BCUT2D eigenvalue weighted by Gasteiger charge is -2.32. The fourth-order valence-electron chi connectivity index (χ4n) is 5.14. The van der Waals surface area contributed by atoms with Crippen LogP contribution in [0.1, 0.15) is 11.1 Å². The van der Waals surface area contributed by atoms with Gasteiger partial charge in [-0.15, -0.1) is 0 Å². The Kier molecular flexibility index (Phi) is 6.39. The van der Waals surface area contributed by atoms with E-state index in [1.54, 1.807) is 12.4 Å². The summed E-state index contributed by atoms with van der Waals surface area (Å²) in [7, 11) is 2.19. The van der Waals surface area contributed by atoms with E-state index in [1.165, 1.54) is 5.56 Å². The minimum Gasteiger partial charge on any atom is -0.378 e. The SMILES string of the molecule is CN1CCN(Cc2ccc(N3CCc4c(-c5cnc(N)nc5)nc(N5CCOCC5)nc43)cc2)CC1. The molecular weight excluding hydrogens is 454 g/mol. The van der Waals surface area contributed by atoms with E-state index in [0.717, 1.165) is 93.1 Å². The van der Waals surface area contributed by atoms with Crippen molar-refractivity contribution in [1.29, 1.82) is 0 Å². The normalized spacial score (nSPS) is 19.0. The van der Waals surface area contributed by atoms with Crippen LogP contribution in [0.15, 0.2) is 36.7 Å². The molecule has 0 amide bonds. The van der Waals surface area contributed by atoms with E-state index in [0.29, 0.717) is 13.2 Å². The molecule has 3 aliphatic rings. The van der Waals surface area contributed by atoms with Crippen LogP contribution in [0.2, 0.25) is 0 Å². The van der Waals surface area contributed by atoms with Gasteiger partial charge in [-0.25, -0.2) is 15.0 Å². The fourth-order valence-corrected chi connectivity index (χ4v) is 5.14. The summed E-state index contributed by atoms with van der Waals surface area (Å²) >= 11 is 0. The van der Waals surface area contributed by atoms with E-state index in [2.05, 4.69) is 60.9 Å². The van der Waals surface area contributed by atoms with Crippen LogP contribution < -0.4 is 15.5 Å². The Labute approximate surface area is 211 Å². The number of nitrogens with two attached hydrogens (primary N) is 1. The molecule has 188 valence electrons. The highest BCUT2D eigenvalue weighted by Crippen LogP contribution is 2.39. The molecule has 0 aliphatic carbocycles. The van der Waals surface area contributed by atoms with Crippen molar-refractivity contribution in [3.63, 3.8) is 0 Å². The number of piperazine rings is 1. The number of aromatic nitrogens is 4. The minimum absolute atomic E-state index is 0.260. The van der Waals surface area contributed by atoms with Crippen molar-refractivity contribution in [2.24, 2.45) is 0 Å². The topological polar surface area (TPSA) is 99.8 Å². The number of morpholine rings is 1. The summed E-state index contributed by atoms with van der Waals surface area (Å²) in [6.45, 7) is 9.28. The van der Waals surface area contributed by atoms with Crippen molar-refractivity contribution in [1.82, 2.24) is 29.7 Å². The lowest BCUT2D eigenvalue weighted by molar-refractivity contribution is 0.122. The van der Waals surface area contributed by atoms with E-state index in [9.17, 15) is 0 Å². The van der Waals surface area contributed by atoms with Gasteiger partial charge in [0.25, 0.3) is 0 Å². The Morgan fingerprint density at radius 2 is 1.61 bits per heavy atom. The zero-order valence-corrected chi connectivity index (χ0v) is 20.8. The molecule has 2 N–H and O–H groups in total. The second-order valence-corrected chi connectivity index (χ2v) is 9.75. The van der Waals surface area contributed by atoms with E-state index >= 15 is 0 Å². The maximum atomic E-state index is 5.75. The molecule has 0 spiro atoms. The first-order valence-electron chi connectivity index (χ1n) is 12.7. The Hall–Kier alpha value is -3.34. The third-order valence-corrected chi connectivity index (χ3v) is 7.30. The van der Waals surface area contributed by atoms with E-state index in [1.807, 2.05) is 0 Å². The van der Waals surface area contributed by atoms with Crippen LogP contribution in [-0.4, -0.2) is 95.8 Å². The van der Waals surface area contributed by atoms with Crippen LogP contribution in [0.3, 0.4) is 0 Å². The summed E-state index contributed by atoms with van der Waals surface area (Å²) in [6.07, 6.45) is 4.37. The zero-order valence-electron chi connectivity index (χ0n) is 20.8. The molecule has 0 atom stereocenters. The van der Waals surface area contributed by atoms with Crippen molar-refractivity contribution in [3.8, 4) is 11.3 Å². The molecule has 2 aromatic heterocycles. The van der Waals surface area contributed by atoms with Gasteiger partial charge in [-0.2, -0.15) is 4.98 Å². The molecular formula is C26H33N9O. The predicted molar refractivity (Wildman–Crippen MR) is 140 cm³/mol. The first kappa shape index (κ1) is 23.1. The van der Waals surface area contributed by atoms with Crippen LogP contribution in [0.25, 0.3) is 11.3 Å². The predicted octanol–water partition coefficient (Wildman–Crippen LogP) is 1.79. The molecule has 10 nitrogen and oxygen atoms in total. The quantitative estimate of drug-likeness (QED) is 0.573. The number of rotatable bonds is 5. The molecule has 3 aliphatic heterocycles. The number of ether oxygens (including phenoxy) is 1. The molecule has 0 saturated carbocycles. The van der Waals surface area contributed by atoms with Crippen molar-refractivity contribution in [3.05, 3.63) is 47.8 Å². The van der Waals surface area contributed by atoms with Crippen LogP contribution in [-0.2, 0) is 17.7 Å². The Morgan fingerprint density at radius 3 is 2.33 bits per heavy atom. The second-order valence-electron chi connectivity index (χ2n) is 9.75. The van der Waals surface area contributed by atoms with Gasteiger partial charge in [-0.3, -0.25) is 4.90 Å². The summed E-state index contributed by atoms with van der Waals surface area (Å²) in [5.41, 5.74) is 11.1. The molecule has 1 aromatic carbocycles. The van der Waals surface area contributed by atoms with Crippen LogP contribution >= 0.6 is 0 Å². The standard InChI is InChI=1S/C26H33N9O/c1-32-8-10-33(11-9-32)18-19-2-4-21(5-3-19)35-7-6-22-23(20-16-28-25(27)29-17-20)30-26(31-24(22)35)34-12-14-36-15-13-34/h2-5,16-17H,6-15,18H2,1H3,(H2,27,28,29). The molecule has 10 heteroatoms. The maximum Gasteiger partial charge on any atom is 0.228 e. The molecule has 5 heterocycles. The zero-order chi connectivity index (χ0) is 24.5. The van der Waals surface area contributed by atoms with E-state index in [4.69, 9.17) is 20.4 Å². The highest BCUT2D eigenvalue weighted by molar-refractivity contribution is 5.76. The summed E-state index contributed by atoms with van der Waals surface area (Å²) < 4.78 is 5.56. The van der Waals surface area contributed by atoms with Crippen molar-refractivity contribution in [2.75, 3.05) is 81.6 Å². The molecule has 36 heavy (non-hydrogen) atoms. The van der Waals surface area contributed by atoms with Crippen molar-refractivity contribution >= 4 is 23.4 Å². The summed E-state index contributed by atoms with van der Waals surface area (Å²) in [5.74, 6) is 1.95. The average molecular weight is 488 g/mol. The highest BCUT2D eigenvalue weighted by Gasteiger charge is 2.29. The lowest BCUT2D eigenvalue weighted by atomic mass is 10.1. The van der Waals surface area contributed by atoms with Gasteiger partial charge in [0.05, 0.1) is 18.9 Å². The smallest absolute Gasteiger partial charge is 0.228 e. The van der Waals surface area contributed by atoms with Gasteiger partial charge < -0.3 is 25.2 Å². The number of likely N-dealkylation sites (N-methyl/N-ethyl adjacent to an activating group) is 1. The molecule has 0 bridgehead atoms. The van der Waals surface area contributed by atoms with Gasteiger partial charge in [0.15, 0.2) is 0 Å². The first-order valence-corrected chi connectivity index (χ1v) is 12.7. The Bertz CT molecular complexity index is 1190. The number of hydrogen-bond donors (Lipinski definition) is 1. The van der Waals surface area contributed by atoms with Crippen LogP contribution in [0.4, 0.5) is 23.4 Å². The fraction of sp³-hybridized carbons (Fsp3) is 0.462. The summed E-state index contributed by atoms with van der Waals surface area (Å²) in [6, 6.07) is 8.96. The highest BCUT2D eigenvalue weighted by atomic mass is 16.5. The third kappa shape index (κ3) is 4.71. The van der Waals surface area contributed by atoms with Crippen molar-refractivity contribution < 1.29 is 4.74 Å². The molecule has 6 rings (SSSR count). The van der Waals surface area contributed by atoms with Crippen LogP contribution in [0.5, 0.6) is 0 Å². The van der Waals surface area contributed by atoms with Crippen LogP contribution in [0, 0.1) is 0 Å². The molecule has 2 saturated heterocycles. The van der Waals surface area contributed by atoms with E-state index < -0.39 is 0 Å². The monoisotopic (exact) mass is 487 g/mol. The molecule has 0 radical (unpaired) electrons. The molecule has 3 aromatic rings. The Morgan fingerprint density at radius 1 is 0.889 bits per heavy atom. The van der Waals surface area contributed by atoms with Crippen molar-refractivity contribution in [2.45, 2.75) is 13.0 Å². The number of benzene rings is 1. The van der Waals surface area contributed by atoms with Gasteiger partial charge in [0.2, 0.25) is 11.9 Å². The minimum atomic E-state index is 0.260. The Balaban J connectivity index is 1.30. The van der Waals surface area contributed by atoms with Gasteiger partial charge in [0, 0.05) is 81.6 Å². The number of nitrogen functional groups attached to an aromatic ring is 1. The molecule has 0 unspecified atom stereocenters. The van der Waals surface area contributed by atoms with Gasteiger partial charge >= 0.3 is 0 Å². The number of fused-ring (bicyclic) bond motifs is 1. The average Bonchev–Trinajstić information content (AvgIpc) is 3.35. The number of hydrogen-bond acceptors (Lipinski definition) is 10. The van der Waals surface area contributed by atoms with Gasteiger partial charge in [-0.1, -0.05) is 12.1 Å². The largest absolute Gasteiger partial charge is 0.378 e. The van der Waals surface area contributed by atoms with Gasteiger partial charge in [-0.05, 0) is 31.2 Å². The second kappa shape index (κ2) is 9.96. The number of nitrogens with zero attached hydrogens (tertiary/aromatic N) is 8. The molecule has 2 fully saturated rings. The summed E-state index contributed by atoms with van der Waals surface area (Å²) in [5, 5.41) is 0. The third-order valence-electron chi connectivity index (χ3n) is 7.30. The summed E-state index contributed by atoms with van der Waals surface area (Å²) in [4.78, 5) is 27.9.